The number of anilines is 1. The van der Waals surface area contributed by atoms with Crippen molar-refractivity contribution >= 4 is 28.9 Å². The lowest BCUT2D eigenvalue weighted by atomic mass is 10.2. The molecule has 18 heavy (non-hydrogen) atoms. The highest BCUT2D eigenvalue weighted by Crippen LogP contribution is 2.32. The Hall–Kier alpha value is -1.37. The van der Waals surface area contributed by atoms with E-state index in [1.165, 1.54) is 0 Å². The average molecular weight is 288 g/mol. The monoisotopic (exact) mass is 287 g/mol. The van der Waals surface area contributed by atoms with E-state index in [4.69, 9.17) is 33.7 Å². The van der Waals surface area contributed by atoms with E-state index in [1.807, 2.05) is 0 Å². The average Bonchev–Trinajstić information content (AvgIpc) is 2.81. The van der Waals surface area contributed by atoms with Crippen molar-refractivity contribution in [3.05, 3.63) is 22.2 Å². The van der Waals surface area contributed by atoms with Crippen LogP contribution < -0.4 is 5.73 Å². The fourth-order valence-corrected chi connectivity index (χ4v) is 1.81. The second-order valence-electron chi connectivity index (χ2n) is 3.58. The molecule has 0 aliphatic rings. The maximum Gasteiger partial charge on any atom is 0.182 e. The van der Waals surface area contributed by atoms with Gasteiger partial charge in [-0.15, -0.1) is 5.10 Å². The number of benzene rings is 1. The van der Waals surface area contributed by atoms with Crippen LogP contribution in [0.1, 0.15) is 0 Å². The van der Waals surface area contributed by atoms with Crippen LogP contribution in [0.15, 0.2) is 12.1 Å². The standard InChI is InChI=1S/C10H11Cl2N5O/c1-18-3-2-17-10(14-15-16-17)6-4-7(11)9(12)8(13)5-6/h4-5H,2-3,13H2,1H3. The zero-order valence-electron chi connectivity index (χ0n) is 9.60. The second-order valence-corrected chi connectivity index (χ2v) is 4.36. The summed E-state index contributed by atoms with van der Waals surface area (Å²) in [5.74, 6) is 0.567. The van der Waals surface area contributed by atoms with Gasteiger partial charge < -0.3 is 10.5 Å². The first-order valence-electron chi connectivity index (χ1n) is 5.13. The van der Waals surface area contributed by atoms with Gasteiger partial charge in [0, 0.05) is 12.7 Å². The van der Waals surface area contributed by atoms with E-state index >= 15 is 0 Å². The first-order valence-corrected chi connectivity index (χ1v) is 5.89. The van der Waals surface area contributed by atoms with Gasteiger partial charge in [-0.25, -0.2) is 4.68 Å². The summed E-state index contributed by atoms with van der Waals surface area (Å²) in [7, 11) is 1.61. The second kappa shape index (κ2) is 5.51. The molecule has 0 aliphatic carbocycles. The number of nitrogens with two attached hydrogens (primary N) is 1. The van der Waals surface area contributed by atoms with Crippen LogP contribution in [0.3, 0.4) is 0 Å². The summed E-state index contributed by atoms with van der Waals surface area (Å²) < 4.78 is 6.60. The number of aromatic nitrogens is 4. The third-order valence-corrected chi connectivity index (χ3v) is 3.17. The molecule has 2 N–H and O–H groups in total. The molecule has 2 rings (SSSR count). The van der Waals surface area contributed by atoms with Crippen LogP contribution in [0.4, 0.5) is 5.69 Å². The maximum absolute atomic E-state index is 5.98. The summed E-state index contributed by atoms with van der Waals surface area (Å²) in [6, 6.07) is 3.36. The highest BCUT2D eigenvalue weighted by Gasteiger charge is 2.12. The van der Waals surface area contributed by atoms with Crippen molar-refractivity contribution < 1.29 is 4.74 Å². The molecule has 2 aromatic rings. The molecule has 1 aromatic carbocycles. The molecular formula is C10H11Cl2N5O. The molecule has 0 aliphatic heterocycles. The van der Waals surface area contributed by atoms with Crippen LogP contribution in [-0.2, 0) is 11.3 Å². The van der Waals surface area contributed by atoms with Gasteiger partial charge in [-0.05, 0) is 22.6 Å². The van der Waals surface area contributed by atoms with Crippen LogP contribution >= 0.6 is 23.2 Å². The van der Waals surface area contributed by atoms with Gasteiger partial charge in [0.2, 0.25) is 0 Å². The molecule has 0 fully saturated rings. The molecule has 6 nitrogen and oxygen atoms in total. The number of methoxy groups -OCH3 is 1. The number of ether oxygens (including phenoxy) is 1. The molecular weight excluding hydrogens is 277 g/mol. The van der Waals surface area contributed by atoms with Crippen LogP contribution in [0.25, 0.3) is 11.4 Å². The normalized spacial score (nSPS) is 10.8. The van der Waals surface area contributed by atoms with Crippen LogP contribution in [0.5, 0.6) is 0 Å². The number of hydrogen-bond acceptors (Lipinski definition) is 5. The summed E-state index contributed by atoms with van der Waals surface area (Å²) in [6.45, 7) is 1.05. The molecule has 0 radical (unpaired) electrons. The van der Waals surface area contributed by atoms with E-state index in [2.05, 4.69) is 15.5 Å². The smallest absolute Gasteiger partial charge is 0.182 e. The summed E-state index contributed by atoms with van der Waals surface area (Å²) in [6.07, 6.45) is 0. The van der Waals surface area contributed by atoms with Crippen molar-refractivity contribution in [2.45, 2.75) is 6.54 Å². The van der Waals surface area contributed by atoms with Gasteiger partial charge in [-0.2, -0.15) is 0 Å². The number of rotatable bonds is 4. The topological polar surface area (TPSA) is 78.8 Å². The highest BCUT2D eigenvalue weighted by atomic mass is 35.5. The van der Waals surface area contributed by atoms with E-state index in [1.54, 1.807) is 23.9 Å². The van der Waals surface area contributed by atoms with Crippen molar-refractivity contribution in [3.63, 3.8) is 0 Å². The van der Waals surface area contributed by atoms with Gasteiger partial charge in [-0.1, -0.05) is 23.2 Å². The SMILES string of the molecule is COCCn1nnnc1-c1cc(N)c(Cl)c(Cl)c1. The number of tetrazole rings is 1. The van der Waals surface area contributed by atoms with Crippen LogP contribution in [0.2, 0.25) is 10.0 Å². The van der Waals surface area contributed by atoms with E-state index in [0.717, 1.165) is 0 Å². The van der Waals surface area contributed by atoms with Crippen LogP contribution in [0, 0.1) is 0 Å². The molecule has 0 atom stereocenters. The quantitative estimate of drug-likeness (QED) is 0.869. The summed E-state index contributed by atoms with van der Waals surface area (Å²) >= 11 is 11.9. The Bertz CT molecular complexity index is 534. The fraction of sp³-hybridized carbons (Fsp3) is 0.300. The zero-order valence-corrected chi connectivity index (χ0v) is 11.1. The predicted octanol–water partition coefficient (Wildman–Crippen LogP) is 1.88. The summed E-state index contributed by atoms with van der Waals surface area (Å²) in [4.78, 5) is 0. The highest BCUT2D eigenvalue weighted by molar-refractivity contribution is 6.43. The molecule has 96 valence electrons. The summed E-state index contributed by atoms with van der Waals surface area (Å²) in [5.41, 5.74) is 6.86. The maximum atomic E-state index is 5.98. The third-order valence-electron chi connectivity index (χ3n) is 2.35. The van der Waals surface area contributed by atoms with Crippen molar-refractivity contribution in [2.75, 3.05) is 19.5 Å². The molecule has 0 saturated carbocycles. The minimum Gasteiger partial charge on any atom is -0.397 e. The van der Waals surface area contributed by atoms with Crippen molar-refractivity contribution in [3.8, 4) is 11.4 Å². The van der Waals surface area contributed by atoms with E-state index in [-0.39, 0.29) is 0 Å². The molecule has 0 spiro atoms. The van der Waals surface area contributed by atoms with Crippen LogP contribution in [-0.4, -0.2) is 33.9 Å². The van der Waals surface area contributed by atoms with Crippen molar-refractivity contribution in [1.29, 1.82) is 0 Å². The lowest BCUT2D eigenvalue weighted by Crippen LogP contribution is -2.08. The minimum absolute atomic E-state index is 0.330. The molecule has 0 saturated heterocycles. The molecule has 1 heterocycles. The molecule has 0 bridgehead atoms. The first-order chi connectivity index (χ1) is 8.63. The van der Waals surface area contributed by atoms with Gasteiger partial charge in [0.25, 0.3) is 0 Å². The molecule has 8 heteroatoms. The number of nitrogen functional groups attached to an aromatic ring is 1. The Morgan fingerprint density at radius 2 is 2.17 bits per heavy atom. The van der Waals surface area contributed by atoms with E-state index < -0.39 is 0 Å². The van der Waals surface area contributed by atoms with Gasteiger partial charge in [0.05, 0.1) is 28.9 Å². The Morgan fingerprint density at radius 3 is 2.83 bits per heavy atom. The Balaban J connectivity index is 2.40. The van der Waals surface area contributed by atoms with Crippen molar-refractivity contribution in [1.82, 2.24) is 20.2 Å². The lowest BCUT2D eigenvalue weighted by Gasteiger charge is -2.07. The Labute approximate surface area is 114 Å². The molecule has 1 aromatic heterocycles. The predicted molar refractivity (Wildman–Crippen MR) is 69.6 cm³/mol. The Morgan fingerprint density at radius 1 is 1.39 bits per heavy atom. The van der Waals surface area contributed by atoms with E-state index in [0.29, 0.717) is 40.3 Å². The summed E-state index contributed by atoms with van der Waals surface area (Å²) in [5, 5.41) is 12.1. The fourth-order valence-electron chi connectivity index (χ4n) is 1.48. The van der Waals surface area contributed by atoms with Gasteiger partial charge in [0.15, 0.2) is 5.82 Å². The lowest BCUT2D eigenvalue weighted by molar-refractivity contribution is 0.183. The van der Waals surface area contributed by atoms with Crippen molar-refractivity contribution in [2.24, 2.45) is 0 Å². The van der Waals surface area contributed by atoms with E-state index in [9.17, 15) is 0 Å². The van der Waals surface area contributed by atoms with Gasteiger partial charge in [-0.3, -0.25) is 0 Å². The van der Waals surface area contributed by atoms with Gasteiger partial charge >= 0.3 is 0 Å². The Kier molecular flexibility index (Phi) is 4.00. The number of halogens is 2. The minimum atomic E-state index is 0.330. The van der Waals surface area contributed by atoms with Gasteiger partial charge in [0.1, 0.15) is 0 Å². The third kappa shape index (κ3) is 2.55. The largest absolute Gasteiger partial charge is 0.397 e. The molecule has 0 amide bonds. The number of nitrogens with zero attached hydrogens (tertiary/aromatic N) is 4. The zero-order chi connectivity index (χ0) is 13.1. The molecule has 0 unspecified atom stereocenters. The number of hydrogen-bond donors (Lipinski definition) is 1. The first kappa shape index (κ1) is 13.1.